The number of carbonyl (C=O) groups excluding carboxylic acids is 2. The van der Waals surface area contributed by atoms with Crippen LogP contribution in [0.25, 0.3) is 0 Å². The van der Waals surface area contributed by atoms with Gasteiger partial charge in [-0.05, 0) is 62.3 Å². The van der Waals surface area contributed by atoms with Gasteiger partial charge in [0.15, 0.2) is 0 Å². The summed E-state index contributed by atoms with van der Waals surface area (Å²) in [5, 5.41) is 0. The van der Waals surface area contributed by atoms with Crippen molar-refractivity contribution in [2.45, 2.75) is 62.9 Å². The van der Waals surface area contributed by atoms with Gasteiger partial charge < -0.3 is 9.64 Å². The summed E-state index contributed by atoms with van der Waals surface area (Å²) in [6, 6.07) is 16.9. The molecule has 0 saturated carbocycles. The summed E-state index contributed by atoms with van der Waals surface area (Å²) in [5.41, 5.74) is 4.05. The maximum atomic E-state index is 13.7. The quantitative estimate of drug-likeness (QED) is 0.680. The van der Waals surface area contributed by atoms with Crippen molar-refractivity contribution in [3.05, 3.63) is 65.2 Å². The van der Waals surface area contributed by atoms with Crippen LogP contribution >= 0.6 is 0 Å². The zero-order chi connectivity index (χ0) is 22.5. The predicted octanol–water partition coefficient (Wildman–Crippen LogP) is 4.18. The number of carbonyl (C=O) groups is 2. The third kappa shape index (κ3) is 3.09. The van der Waals surface area contributed by atoms with Crippen molar-refractivity contribution in [1.82, 2.24) is 4.90 Å². The molecule has 2 aliphatic heterocycles. The summed E-state index contributed by atoms with van der Waals surface area (Å²) < 4.78 is 4.92. The summed E-state index contributed by atoms with van der Waals surface area (Å²) in [6.07, 6.45) is 4.23. The van der Waals surface area contributed by atoms with Crippen LogP contribution in [-0.2, 0) is 31.7 Å². The number of aryl methyl sites for hydroxylation is 1. The Morgan fingerprint density at radius 2 is 1.69 bits per heavy atom. The first-order chi connectivity index (χ1) is 15.4. The maximum absolute atomic E-state index is 13.7. The number of benzene rings is 2. The molecular formula is C27H32N2O3. The lowest BCUT2D eigenvalue weighted by molar-refractivity contribution is -0.144. The Labute approximate surface area is 190 Å². The van der Waals surface area contributed by atoms with E-state index in [-0.39, 0.29) is 29.9 Å². The minimum Gasteiger partial charge on any atom is -0.469 e. The van der Waals surface area contributed by atoms with Gasteiger partial charge in [0.2, 0.25) is 5.91 Å². The summed E-state index contributed by atoms with van der Waals surface area (Å²) in [7, 11) is 1.38. The van der Waals surface area contributed by atoms with E-state index < -0.39 is 5.41 Å². The summed E-state index contributed by atoms with van der Waals surface area (Å²) >= 11 is 0. The third-order valence-corrected chi connectivity index (χ3v) is 8.18. The van der Waals surface area contributed by atoms with Crippen LogP contribution in [-0.4, -0.2) is 43.0 Å². The number of methoxy groups -OCH3 is 1. The van der Waals surface area contributed by atoms with Crippen LogP contribution in [0.4, 0.5) is 5.69 Å². The molecule has 5 heteroatoms. The smallest absolute Gasteiger partial charge is 0.306 e. The van der Waals surface area contributed by atoms with Crippen molar-refractivity contribution in [1.29, 1.82) is 0 Å². The number of nitrogens with zero attached hydrogens (tertiary/aromatic N) is 2. The molecule has 1 aliphatic carbocycles. The molecule has 1 saturated heterocycles. The minimum absolute atomic E-state index is 0.0278. The summed E-state index contributed by atoms with van der Waals surface area (Å²) in [5.74, 6) is -0.319. The van der Waals surface area contributed by atoms with E-state index >= 15 is 0 Å². The Hall–Kier alpha value is -2.66. The van der Waals surface area contributed by atoms with E-state index in [9.17, 15) is 9.59 Å². The van der Waals surface area contributed by atoms with Crippen molar-refractivity contribution in [3.8, 4) is 0 Å². The minimum atomic E-state index is -0.864. The number of likely N-dealkylation sites (tertiary alicyclic amines) is 1. The average Bonchev–Trinajstić information content (AvgIpc) is 3.27. The Morgan fingerprint density at radius 1 is 1.03 bits per heavy atom. The van der Waals surface area contributed by atoms with E-state index in [2.05, 4.69) is 36.1 Å². The van der Waals surface area contributed by atoms with E-state index in [0.29, 0.717) is 0 Å². The first-order valence-corrected chi connectivity index (χ1v) is 11.7. The molecule has 0 aromatic heterocycles. The van der Waals surface area contributed by atoms with Crippen LogP contribution in [0.2, 0.25) is 0 Å². The first kappa shape index (κ1) is 21.2. The lowest BCUT2D eigenvalue weighted by atomic mass is 9.80. The Balaban J connectivity index is 1.37. The molecule has 0 N–H and O–H groups in total. The Bertz CT molecular complexity index is 1060. The van der Waals surface area contributed by atoms with Crippen LogP contribution in [0.5, 0.6) is 0 Å². The van der Waals surface area contributed by atoms with E-state index in [4.69, 9.17) is 4.74 Å². The average molecular weight is 433 g/mol. The highest BCUT2D eigenvalue weighted by Crippen LogP contribution is 2.47. The Kier molecular flexibility index (Phi) is 5.12. The van der Waals surface area contributed by atoms with Gasteiger partial charge >= 0.3 is 5.97 Å². The fraction of sp³-hybridized carbons (Fsp3) is 0.481. The molecule has 0 spiro atoms. The number of para-hydroxylation sites is 1. The largest absolute Gasteiger partial charge is 0.469 e. The van der Waals surface area contributed by atoms with Crippen LogP contribution in [0, 0.1) is 0 Å². The van der Waals surface area contributed by atoms with Gasteiger partial charge in [-0.25, -0.2) is 0 Å². The molecule has 1 fully saturated rings. The van der Waals surface area contributed by atoms with Crippen molar-refractivity contribution in [3.63, 3.8) is 0 Å². The van der Waals surface area contributed by atoms with Gasteiger partial charge in [-0.15, -0.1) is 0 Å². The summed E-state index contributed by atoms with van der Waals surface area (Å²) in [6.45, 7) is 6.20. The lowest BCUT2D eigenvalue weighted by Crippen LogP contribution is -2.53. The predicted molar refractivity (Wildman–Crippen MR) is 125 cm³/mol. The second-order valence-corrected chi connectivity index (χ2v) is 9.93. The Morgan fingerprint density at radius 3 is 2.41 bits per heavy atom. The number of amides is 1. The van der Waals surface area contributed by atoms with E-state index in [0.717, 1.165) is 50.0 Å². The number of anilines is 1. The normalized spacial score (nSPS) is 28.0. The molecule has 1 amide bonds. The molecule has 2 heterocycles. The van der Waals surface area contributed by atoms with Gasteiger partial charge in [-0.1, -0.05) is 42.5 Å². The maximum Gasteiger partial charge on any atom is 0.306 e. The molecule has 0 bridgehead atoms. The molecule has 2 atom stereocenters. The molecule has 3 aliphatic rings. The van der Waals surface area contributed by atoms with Crippen LogP contribution in [0.1, 0.15) is 56.2 Å². The molecule has 5 rings (SSSR count). The van der Waals surface area contributed by atoms with Crippen LogP contribution in [0.15, 0.2) is 48.5 Å². The van der Waals surface area contributed by atoms with Crippen LogP contribution in [0.3, 0.4) is 0 Å². The van der Waals surface area contributed by atoms with Gasteiger partial charge in [0, 0.05) is 30.4 Å². The molecule has 2 unspecified atom stereocenters. The molecular weight excluding hydrogens is 400 g/mol. The first-order valence-electron chi connectivity index (χ1n) is 11.7. The molecule has 0 radical (unpaired) electrons. The molecule has 32 heavy (non-hydrogen) atoms. The highest BCUT2D eigenvalue weighted by Gasteiger charge is 2.51. The van der Waals surface area contributed by atoms with Crippen molar-refractivity contribution in [2.24, 2.45) is 0 Å². The number of fused-ring (bicyclic) bond motifs is 2. The van der Waals surface area contributed by atoms with Crippen molar-refractivity contribution in [2.75, 3.05) is 25.1 Å². The number of piperidine rings is 1. The number of esters is 1. The number of hydrogen-bond acceptors (Lipinski definition) is 4. The van der Waals surface area contributed by atoms with E-state index in [1.54, 1.807) is 0 Å². The van der Waals surface area contributed by atoms with Gasteiger partial charge in [0.05, 0.1) is 18.9 Å². The van der Waals surface area contributed by atoms with Gasteiger partial charge in [0.25, 0.3) is 0 Å². The van der Waals surface area contributed by atoms with E-state index in [1.165, 1.54) is 18.2 Å². The molecule has 2 aromatic carbocycles. The fourth-order valence-electron chi connectivity index (χ4n) is 6.26. The van der Waals surface area contributed by atoms with Gasteiger partial charge in [0.1, 0.15) is 0 Å². The monoisotopic (exact) mass is 432 g/mol. The summed E-state index contributed by atoms with van der Waals surface area (Å²) in [4.78, 5) is 30.4. The van der Waals surface area contributed by atoms with Crippen molar-refractivity contribution < 1.29 is 14.3 Å². The third-order valence-electron chi connectivity index (χ3n) is 8.18. The molecule has 2 aromatic rings. The zero-order valence-corrected chi connectivity index (χ0v) is 19.3. The molecule has 5 nitrogen and oxygen atoms in total. The van der Waals surface area contributed by atoms with Gasteiger partial charge in [-0.2, -0.15) is 0 Å². The number of ether oxygens (including phenoxy) is 1. The highest BCUT2D eigenvalue weighted by atomic mass is 16.5. The second kappa shape index (κ2) is 7.73. The van der Waals surface area contributed by atoms with E-state index in [1.807, 2.05) is 36.1 Å². The highest BCUT2D eigenvalue weighted by molar-refractivity contribution is 6.09. The van der Waals surface area contributed by atoms with Crippen molar-refractivity contribution >= 4 is 17.6 Å². The van der Waals surface area contributed by atoms with Gasteiger partial charge in [-0.3, -0.25) is 14.5 Å². The zero-order valence-electron chi connectivity index (χ0n) is 19.3. The fourth-order valence-corrected chi connectivity index (χ4v) is 6.26. The lowest BCUT2D eigenvalue weighted by Gasteiger charge is -2.45. The topological polar surface area (TPSA) is 49.9 Å². The number of hydrogen-bond donors (Lipinski definition) is 0. The SMILES string of the molecule is COC(=O)CC1(C)C(=O)N(C2CCN(C3(C)CCc4ccccc43)CC2)c2ccccc21. The number of rotatable bonds is 4. The second-order valence-electron chi connectivity index (χ2n) is 9.93. The van der Waals surface area contributed by atoms with Crippen LogP contribution < -0.4 is 4.90 Å². The standard InChI is InChI=1S/C27H32N2O3/c1-26(18-24(30)32-3)22-10-6-7-11-23(22)29(25(26)31)20-13-16-28(17-14-20)27(2)15-12-19-8-4-5-9-21(19)27/h4-11,20H,12-18H2,1-3H3. The molecule has 168 valence electrons.